The van der Waals surface area contributed by atoms with Crippen molar-refractivity contribution in [2.24, 2.45) is 7.05 Å². The zero-order valence-corrected chi connectivity index (χ0v) is 27.4. The van der Waals surface area contributed by atoms with Gasteiger partial charge < -0.3 is 15.5 Å². The first kappa shape index (κ1) is 30.6. The van der Waals surface area contributed by atoms with E-state index in [1.54, 1.807) is 19.3 Å². The number of nitrogens with zero attached hydrogens (tertiary/aromatic N) is 4. The molecule has 240 valence electrons. The minimum atomic E-state index is -0.788. The monoisotopic (exact) mass is 627 g/mol. The Morgan fingerprint density at radius 2 is 1.64 bits per heavy atom. The Morgan fingerprint density at radius 3 is 2.36 bits per heavy atom. The number of anilines is 1. The molecule has 0 unspecified atom stereocenters. The van der Waals surface area contributed by atoms with Crippen LogP contribution in [0.3, 0.4) is 0 Å². The number of hydrogen-bond donors (Lipinski definition) is 3. The molecule has 9 nitrogen and oxygen atoms in total. The van der Waals surface area contributed by atoms with E-state index in [-0.39, 0.29) is 17.7 Å². The van der Waals surface area contributed by atoms with Crippen molar-refractivity contribution in [1.82, 2.24) is 30.2 Å². The normalized spacial score (nSPS) is 16.6. The molecule has 47 heavy (non-hydrogen) atoms. The Balaban J connectivity index is 1.20. The third kappa shape index (κ3) is 6.11. The molecule has 2 aliphatic rings. The van der Waals surface area contributed by atoms with E-state index in [0.717, 1.165) is 72.4 Å². The van der Waals surface area contributed by atoms with Gasteiger partial charge in [-0.15, -0.1) is 0 Å². The quantitative estimate of drug-likeness (QED) is 0.207. The summed E-state index contributed by atoms with van der Waals surface area (Å²) in [5.41, 5.74) is 12.5. The van der Waals surface area contributed by atoms with Gasteiger partial charge in [0.25, 0.3) is 5.91 Å². The predicted octanol–water partition coefficient (Wildman–Crippen LogP) is 5.94. The number of aromatic amines is 1. The lowest BCUT2D eigenvalue weighted by Crippen LogP contribution is -2.48. The number of fused-ring (bicyclic) bond motifs is 2. The van der Waals surface area contributed by atoms with Crippen molar-refractivity contribution in [2.45, 2.75) is 58.0 Å². The number of H-pyrrole nitrogens is 1. The van der Waals surface area contributed by atoms with E-state index in [2.05, 4.69) is 74.3 Å². The maximum Gasteiger partial charge on any atom is 0.270 e. The topological polar surface area (TPSA) is 108 Å². The first-order valence-electron chi connectivity index (χ1n) is 16.4. The molecule has 2 atom stereocenters. The van der Waals surface area contributed by atoms with Crippen molar-refractivity contribution >= 4 is 17.5 Å². The van der Waals surface area contributed by atoms with Crippen LogP contribution >= 0.6 is 0 Å². The summed E-state index contributed by atoms with van der Waals surface area (Å²) < 4.78 is 1.53. The zero-order chi connectivity index (χ0) is 32.7. The number of carbonyl (C=O) groups is 2. The standard InChI is InChI=1S/C38H41N7O2/c1-23-35(24(2)43-42-23)26-12-14-31(15-13-26)40-38(47)36(41-37(46)34-16-18-39-45(34)4)32-7-5-6-25-8-9-28(21-33(25)32)27-10-11-30-22-44(3)19-17-29(30)20-27/h8-16,18,20-21,32,36H,5-7,17,19,22H2,1-4H3,(H,40,47)(H,41,46)(H,42,43)/t32-,36+/m1/s1. The number of aryl methyl sites for hydroxylation is 4. The van der Waals surface area contributed by atoms with Gasteiger partial charge in [0, 0.05) is 49.2 Å². The fourth-order valence-corrected chi connectivity index (χ4v) is 7.31. The van der Waals surface area contributed by atoms with Crippen LogP contribution < -0.4 is 10.6 Å². The summed E-state index contributed by atoms with van der Waals surface area (Å²) in [6.07, 6.45) is 5.30. The lowest BCUT2D eigenvalue weighted by Gasteiger charge is -2.33. The Bertz CT molecular complexity index is 1940. The highest BCUT2D eigenvalue weighted by atomic mass is 16.2. The van der Waals surface area contributed by atoms with Gasteiger partial charge in [-0.2, -0.15) is 10.2 Å². The number of nitrogens with one attached hydrogen (secondary N) is 3. The molecule has 7 rings (SSSR count). The van der Waals surface area contributed by atoms with E-state index in [0.29, 0.717) is 11.4 Å². The van der Waals surface area contributed by atoms with Crippen molar-refractivity contribution in [3.8, 4) is 22.3 Å². The van der Waals surface area contributed by atoms with Crippen LogP contribution in [0.4, 0.5) is 5.69 Å². The summed E-state index contributed by atoms with van der Waals surface area (Å²) >= 11 is 0. The maximum atomic E-state index is 14.2. The SMILES string of the molecule is Cc1n[nH]c(C)c1-c1ccc(NC(=O)[C@@H](NC(=O)c2ccnn2C)[C@@H]2CCCc3ccc(-c4ccc5c(c4)CCN(C)C5)cc32)cc1. The number of aromatic nitrogens is 4. The summed E-state index contributed by atoms with van der Waals surface area (Å²) in [4.78, 5) is 30.1. The van der Waals surface area contributed by atoms with Crippen molar-refractivity contribution in [3.05, 3.63) is 112 Å². The number of rotatable bonds is 7. The molecule has 0 bridgehead atoms. The molecule has 2 aromatic heterocycles. The smallest absolute Gasteiger partial charge is 0.270 e. The van der Waals surface area contributed by atoms with E-state index in [1.165, 1.54) is 26.9 Å². The lowest BCUT2D eigenvalue weighted by molar-refractivity contribution is -0.118. The van der Waals surface area contributed by atoms with E-state index in [4.69, 9.17) is 0 Å². The number of benzene rings is 3. The van der Waals surface area contributed by atoms with Crippen LogP contribution in [0, 0.1) is 13.8 Å². The second kappa shape index (κ2) is 12.6. The summed E-state index contributed by atoms with van der Waals surface area (Å²) in [7, 11) is 3.89. The molecule has 0 saturated heterocycles. The summed E-state index contributed by atoms with van der Waals surface area (Å²) in [5.74, 6) is -0.767. The van der Waals surface area contributed by atoms with Gasteiger partial charge in [-0.1, -0.05) is 48.5 Å². The molecule has 2 amide bonds. The second-order valence-corrected chi connectivity index (χ2v) is 13.1. The van der Waals surface area contributed by atoms with E-state index in [1.807, 2.05) is 38.1 Å². The Morgan fingerprint density at radius 1 is 0.894 bits per heavy atom. The van der Waals surface area contributed by atoms with Gasteiger partial charge >= 0.3 is 0 Å². The van der Waals surface area contributed by atoms with Crippen LogP contribution in [-0.4, -0.2) is 56.3 Å². The van der Waals surface area contributed by atoms with Crippen molar-refractivity contribution in [2.75, 3.05) is 18.9 Å². The van der Waals surface area contributed by atoms with Crippen molar-refractivity contribution in [3.63, 3.8) is 0 Å². The third-order valence-corrected chi connectivity index (χ3v) is 9.84. The number of amides is 2. The minimum absolute atomic E-state index is 0.197. The number of carbonyl (C=O) groups excluding carboxylic acids is 2. The highest BCUT2D eigenvalue weighted by Gasteiger charge is 2.35. The molecule has 0 spiro atoms. The van der Waals surface area contributed by atoms with E-state index in [9.17, 15) is 9.59 Å². The largest absolute Gasteiger partial charge is 0.338 e. The van der Waals surface area contributed by atoms with Gasteiger partial charge in [0.15, 0.2) is 0 Å². The van der Waals surface area contributed by atoms with E-state index < -0.39 is 6.04 Å². The second-order valence-electron chi connectivity index (χ2n) is 13.1. The molecule has 1 aliphatic heterocycles. The van der Waals surface area contributed by atoms with E-state index >= 15 is 0 Å². The van der Waals surface area contributed by atoms with Crippen LogP contribution in [0.15, 0.2) is 72.9 Å². The Kier molecular flexibility index (Phi) is 8.24. The van der Waals surface area contributed by atoms with Crippen LogP contribution in [0.5, 0.6) is 0 Å². The average Bonchev–Trinajstić information content (AvgIpc) is 3.66. The number of hydrogen-bond acceptors (Lipinski definition) is 5. The summed E-state index contributed by atoms with van der Waals surface area (Å²) in [6.45, 7) is 6.00. The summed E-state index contributed by atoms with van der Waals surface area (Å²) in [5, 5.41) is 17.8. The van der Waals surface area contributed by atoms with Gasteiger partial charge in [-0.05, 0) is 104 Å². The highest BCUT2D eigenvalue weighted by Crippen LogP contribution is 2.38. The molecule has 1 aliphatic carbocycles. The molecule has 3 heterocycles. The third-order valence-electron chi connectivity index (χ3n) is 9.84. The maximum absolute atomic E-state index is 14.2. The van der Waals surface area contributed by atoms with Gasteiger partial charge in [0.05, 0.1) is 5.69 Å². The molecular formula is C38H41N7O2. The Hall–Kier alpha value is -5.02. The molecule has 3 aromatic carbocycles. The molecular weight excluding hydrogens is 586 g/mol. The van der Waals surface area contributed by atoms with Crippen molar-refractivity contribution < 1.29 is 9.59 Å². The zero-order valence-electron chi connectivity index (χ0n) is 27.4. The van der Waals surface area contributed by atoms with Gasteiger partial charge in [0.2, 0.25) is 5.91 Å². The number of likely N-dealkylation sites (N-methyl/N-ethyl adjacent to an activating group) is 1. The van der Waals surface area contributed by atoms with Crippen LogP contribution in [0.1, 0.15) is 62.9 Å². The average molecular weight is 628 g/mol. The predicted molar refractivity (Wildman–Crippen MR) is 184 cm³/mol. The molecule has 0 radical (unpaired) electrons. The van der Waals surface area contributed by atoms with Crippen LogP contribution in [-0.2, 0) is 31.2 Å². The highest BCUT2D eigenvalue weighted by molar-refractivity contribution is 6.01. The first-order chi connectivity index (χ1) is 22.7. The molecule has 0 fully saturated rings. The van der Waals surface area contributed by atoms with Crippen LogP contribution in [0.2, 0.25) is 0 Å². The van der Waals surface area contributed by atoms with Gasteiger partial charge in [-0.25, -0.2) is 0 Å². The lowest BCUT2D eigenvalue weighted by atomic mass is 9.77. The molecule has 0 saturated carbocycles. The minimum Gasteiger partial charge on any atom is -0.338 e. The fraction of sp³-hybridized carbons (Fsp3) is 0.316. The molecule has 5 aromatic rings. The van der Waals surface area contributed by atoms with Gasteiger partial charge in [0.1, 0.15) is 11.7 Å². The summed E-state index contributed by atoms with van der Waals surface area (Å²) in [6, 6.07) is 22.1. The fourth-order valence-electron chi connectivity index (χ4n) is 7.31. The molecule has 3 N–H and O–H groups in total. The Labute approximate surface area is 275 Å². The van der Waals surface area contributed by atoms with Crippen molar-refractivity contribution in [1.29, 1.82) is 0 Å². The van der Waals surface area contributed by atoms with Gasteiger partial charge in [-0.3, -0.25) is 19.4 Å². The first-order valence-corrected chi connectivity index (χ1v) is 16.4. The molecule has 9 heteroatoms. The van der Waals surface area contributed by atoms with Crippen LogP contribution in [0.25, 0.3) is 22.3 Å².